The third kappa shape index (κ3) is 2.98. The van der Waals surface area contributed by atoms with E-state index in [0.717, 1.165) is 22.0 Å². The fourth-order valence-electron chi connectivity index (χ4n) is 2.76. The highest BCUT2D eigenvalue weighted by Crippen LogP contribution is 2.22. The fourth-order valence-corrected chi connectivity index (χ4v) is 2.76. The summed E-state index contributed by atoms with van der Waals surface area (Å²) in [5, 5.41) is 13.0. The largest absolute Gasteiger partial charge is 0.480 e. The van der Waals surface area contributed by atoms with Gasteiger partial charge in [0.05, 0.1) is 0 Å². The predicted octanol–water partition coefficient (Wildman–Crippen LogP) is 3.16. The zero-order valence-corrected chi connectivity index (χ0v) is 13.4. The van der Waals surface area contributed by atoms with E-state index in [-0.39, 0.29) is 0 Å². The van der Waals surface area contributed by atoms with Crippen LogP contribution in [0.1, 0.15) is 48.3 Å². The molecule has 0 aliphatic carbocycles. The van der Waals surface area contributed by atoms with Gasteiger partial charge in [-0.15, -0.1) is 0 Å². The van der Waals surface area contributed by atoms with Crippen LogP contribution in [0.25, 0.3) is 10.9 Å². The summed E-state index contributed by atoms with van der Waals surface area (Å²) < 4.78 is 0. The van der Waals surface area contributed by atoms with Crippen LogP contribution >= 0.6 is 0 Å². The van der Waals surface area contributed by atoms with E-state index in [0.29, 0.717) is 18.5 Å². The summed E-state index contributed by atoms with van der Waals surface area (Å²) in [5.41, 5.74) is 2.20. The maximum atomic E-state index is 12.4. The van der Waals surface area contributed by atoms with Crippen molar-refractivity contribution in [3.05, 3.63) is 35.0 Å². The Labute approximate surface area is 129 Å². The van der Waals surface area contributed by atoms with Crippen LogP contribution in [0.4, 0.5) is 0 Å². The van der Waals surface area contributed by atoms with E-state index in [1.54, 1.807) is 6.07 Å². The number of aromatic amines is 1. The molecule has 1 aromatic heterocycles. The van der Waals surface area contributed by atoms with Gasteiger partial charge in [-0.2, -0.15) is 0 Å². The first-order chi connectivity index (χ1) is 10.3. The third-order valence-electron chi connectivity index (χ3n) is 3.95. The Morgan fingerprint density at radius 2 is 1.95 bits per heavy atom. The van der Waals surface area contributed by atoms with Crippen LogP contribution in [0.2, 0.25) is 0 Å². The van der Waals surface area contributed by atoms with Crippen LogP contribution in [-0.2, 0) is 4.79 Å². The minimum atomic E-state index is -1.26. The zero-order valence-electron chi connectivity index (χ0n) is 13.4. The molecular formula is C17H22N2O3. The molecule has 1 amide bonds. The van der Waals surface area contributed by atoms with Crippen LogP contribution in [0.15, 0.2) is 18.2 Å². The molecular weight excluding hydrogens is 280 g/mol. The van der Waals surface area contributed by atoms with Crippen molar-refractivity contribution in [2.45, 2.75) is 46.1 Å². The van der Waals surface area contributed by atoms with Gasteiger partial charge in [-0.05, 0) is 50.5 Å². The number of carboxylic acid groups (broad SMARTS) is 1. The number of aromatic nitrogens is 1. The average molecular weight is 302 g/mol. The van der Waals surface area contributed by atoms with E-state index in [9.17, 15) is 14.7 Å². The Kier molecular flexibility index (Phi) is 4.26. The average Bonchev–Trinajstić information content (AvgIpc) is 2.82. The number of aryl methyl sites for hydroxylation is 2. The molecule has 2 aromatic rings. The second kappa shape index (κ2) is 5.83. The number of aliphatic carboxylic acids is 1. The number of carbonyl (C=O) groups excluding carboxylic acids is 1. The number of rotatable bonds is 5. The molecule has 0 fully saturated rings. The lowest BCUT2D eigenvalue weighted by Gasteiger charge is -2.25. The van der Waals surface area contributed by atoms with Gasteiger partial charge in [0.2, 0.25) is 0 Å². The number of H-pyrrole nitrogens is 1. The van der Waals surface area contributed by atoms with Crippen LogP contribution in [-0.4, -0.2) is 27.5 Å². The van der Waals surface area contributed by atoms with Crippen molar-refractivity contribution in [3.63, 3.8) is 0 Å². The van der Waals surface area contributed by atoms with Gasteiger partial charge in [0.25, 0.3) is 5.91 Å². The lowest BCUT2D eigenvalue weighted by molar-refractivity contribution is -0.144. The Morgan fingerprint density at radius 1 is 1.27 bits per heavy atom. The summed E-state index contributed by atoms with van der Waals surface area (Å²) in [5.74, 6) is -1.42. The Hall–Kier alpha value is -2.30. The van der Waals surface area contributed by atoms with Crippen molar-refractivity contribution in [2.75, 3.05) is 0 Å². The van der Waals surface area contributed by atoms with Gasteiger partial charge in [-0.1, -0.05) is 19.4 Å². The summed E-state index contributed by atoms with van der Waals surface area (Å²) in [6.45, 7) is 7.41. The van der Waals surface area contributed by atoms with Gasteiger partial charge in [-0.3, -0.25) is 4.79 Å². The first-order valence-corrected chi connectivity index (χ1v) is 7.42. The molecule has 0 saturated heterocycles. The molecule has 3 N–H and O–H groups in total. The van der Waals surface area contributed by atoms with Gasteiger partial charge < -0.3 is 15.4 Å². The highest BCUT2D eigenvalue weighted by Gasteiger charge is 2.34. The second-order valence-corrected chi connectivity index (χ2v) is 6.07. The fraction of sp³-hybridized carbons (Fsp3) is 0.412. The maximum absolute atomic E-state index is 12.4. The van der Waals surface area contributed by atoms with E-state index in [2.05, 4.69) is 16.4 Å². The quantitative estimate of drug-likeness (QED) is 0.793. The standard InChI is InChI=1S/C17H22N2O3/c1-5-6-17(4,16(21)22)19-15(20)14-9-12-11(3)7-10(2)8-13(12)18-14/h7-9,18H,5-6H2,1-4H3,(H,19,20)(H,21,22). The lowest BCUT2D eigenvalue weighted by Crippen LogP contribution is -2.52. The molecule has 22 heavy (non-hydrogen) atoms. The first kappa shape index (κ1) is 16.1. The van der Waals surface area contributed by atoms with Crippen molar-refractivity contribution in [2.24, 2.45) is 0 Å². The molecule has 118 valence electrons. The highest BCUT2D eigenvalue weighted by atomic mass is 16.4. The van der Waals surface area contributed by atoms with Crippen molar-refractivity contribution in [3.8, 4) is 0 Å². The van der Waals surface area contributed by atoms with Crippen LogP contribution in [0.3, 0.4) is 0 Å². The first-order valence-electron chi connectivity index (χ1n) is 7.42. The van der Waals surface area contributed by atoms with Crippen molar-refractivity contribution >= 4 is 22.8 Å². The summed E-state index contributed by atoms with van der Waals surface area (Å²) in [6.07, 6.45) is 1.06. The SMILES string of the molecule is CCCC(C)(NC(=O)c1cc2c(C)cc(C)cc2[nH]1)C(=O)O. The monoisotopic (exact) mass is 302 g/mol. The maximum Gasteiger partial charge on any atom is 0.329 e. The van der Waals surface area contributed by atoms with E-state index >= 15 is 0 Å². The Morgan fingerprint density at radius 3 is 2.55 bits per heavy atom. The third-order valence-corrected chi connectivity index (χ3v) is 3.95. The summed E-state index contributed by atoms with van der Waals surface area (Å²) in [4.78, 5) is 26.9. The number of carbonyl (C=O) groups is 2. The van der Waals surface area contributed by atoms with Gasteiger partial charge in [-0.25, -0.2) is 4.79 Å². The van der Waals surface area contributed by atoms with E-state index < -0.39 is 17.4 Å². The number of hydrogen-bond acceptors (Lipinski definition) is 2. The van der Waals surface area contributed by atoms with Crippen LogP contribution < -0.4 is 5.32 Å². The number of benzene rings is 1. The van der Waals surface area contributed by atoms with E-state index in [1.807, 2.05) is 26.8 Å². The normalized spacial score (nSPS) is 13.8. The van der Waals surface area contributed by atoms with Crippen LogP contribution in [0, 0.1) is 13.8 Å². The molecule has 1 heterocycles. The van der Waals surface area contributed by atoms with Crippen molar-refractivity contribution < 1.29 is 14.7 Å². The molecule has 5 heteroatoms. The summed E-state index contributed by atoms with van der Waals surface area (Å²) in [6, 6.07) is 5.80. The van der Waals surface area contributed by atoms with Crippen molar-refractivity contribution in [1.82, 2.24) is 10.3 Å². The minimum Gasteiger partial charge on any atom is -0.480 e. The highest BCUT2D eigenvalue weighted by molar-refractivity contribution is 6.01. The zero-order chi connectivity index (χ0) is 16.5. The van der Waals surface area contributed by atoms with Gasteiger partial charge in [0, 0.05) is 10.9 Å². The molecule has 0 radical (unpaired) electrons. The van der Waals surface area contributed by atoms with Crippen LogP contribution in [0.5, 0.6) is 0 Å². The van der Waals surface area contributed by atoms with Crippen molar-refractivity contribution in [1.29, 1.82) is 0 Å². The number of fused-ring (bicyclic) bond motifs is 1. The smallest absolute Gasteiger partial charge is 0.329 e. The molecule has 1 atom stereocenters. The molecule has 2 rings (SSSR count). The molecule has 1 unspecified atom stereocenters. The number of hydrogen-bond donors (Lipinski definition) is 3. The summed E-state index contributed by atoms with van der Waals surface area (Å²) in [7, 11) is 0. The Balaban J connectivity index is 2.33. The van der Waals surface area contributed by atoms with E-state index in [1.165, 1.54) is 6.92 Å². The summed E-state index contributed by atoms with van der Waals surface area (Å²) >= 11 is 0. The molecule has 0 bridgehead atoms. The predicted molar refractivity (Wildman–Crippen MR) is 86.2 cm³/mol. The number of nitrogens with one attached hydrogen (secondary N) is 2. The number of carboxylic acids is 1. The molecule has 0 aliphatic rings. The molecule has 5 nitrogen and oxygen atoms in total. The molecule has 1 aromatic carbocycles. The molecule has 0 spiro atoms. The Bertz CT molecular complexity index is 733. The van der Waals surface area contributed by atoms with Gasteiger partial charge in [0.1, 0.15) is 11.2 Å². The van der Waals surface area contributed by atoms with Gasteiger partial charge >= 0.3 is 5.97 Å². The molecule has 0 saturated carbocycles. The van der Waals surface area contributed by atoms with Gasteiger partial charge in [0.15, 0.2) is 0 Å². The van der Waals surface area contributed by atoms with E-state index in [4.69, 9.17) is 0 Å². The molecule has 0 aliphatic heterocycles. The minimum absolute atomic E-state index is 0.381. The second-order valence-electron chi connectivity index (χ2n) is 6.07. The topological polar surface area (TPSA) is 82.2 Å². The lowest BCUT2D eigenvalue weighted by atomic mass is 9.96. The number of amides is 1.